The predicted molar refractivity (Wildman–Crippen MR) is 375 cm³/mol. The van der Waals surface area contributed by atoms with Crippen LogP contribution in [0.15, 0.2) is 194 Å². The van der Waals surface area contributed by atoms with E-state index >= 15 is 0 Å². The Morgan fingerprint density at radius 2 is 0.778 bits per heavy atom. The van der Waals surface area contributed by atoms with E-state index in [1.54, 1.807) is 11.1 Å². The van der Waals surface area contributed by atoms with E-state index in [0.717, 1.165) is 76.9 Å². The molecule has 2 spiro atoms. The average Bonchev–Trinajstić information content (AvgIpc) is 1.57. The van der Waals surface area contributed by atoms with Crippen LogP contribution in [0.2, 0.25) is 5.02 Å². The average molecular weight is 1200 g/mol. The third kappa shape index (κ3) is 9.95. The molecule has 1 aliphatic heterocycles. The Morgan fingerprint density at radius 1 is 0.344 bits per heavy atom. The summed E-state index contributed by atoms with van der Waals surface area (Å²) < 4.78 is 12.7. The normalized spacial score (nSPS) is 17.0. The molecule has 0 unspecified atom stereocenters. The molecular formula is C82H76BClN4O2. The fraction of sp³-hybridized carbons (Fsp3) is 0.268. The van der Waals surface area contributed by atoms with E-state index in [-0.39, 0.29) is 29.2 Å². The van der Waals surface area contributed by atoms with Gasteiger partial charge in [0.05, 0.1) is 38.3 Å². The second-order valence-electron chi connectivity index (χ2n) is 27.2. The summed E-state index contributed by atoms with van der Waals surface area (Å²) >= 11 is 6.23. The first-order valence-corrected chi connectivity index (χ1v) is 33.0. The number of nitrogens with zero attached hydrogens (tertiary/aromatic N) is 4. The molecule has 0 amide bonds. The Hall–Kier alpha value is -8.33. The van der Waals surface area contributed by atoms with Gasteiger partial charge in [-0.1, -0.05) is 202 Å². The van der Waals surface area contributed by atoms with Gasteiger partial charge in [-0.2, -0.15) is 0 Å². The van der Waals surface area contributed by atoms with E-state index in [1.165, 1.54) is 131 Å². The van der Waals surface area contributed by atoms with Gasteiger partial charge in [0.1, 0.15) is 0 Å². The zero-order chi connectivity index (χ0) is 61.7. The molecule has 4 aliphatic carbocycles. The fourth-order valence-electron chi connectivity index (χ4n) is 15.8. The fourth-order valence-corrected chi connectivity index (χ4v) is 16.1. The Balaban J connectivity index is 0.000000121. The largest absolute Gasteiger partial charge is 0.494 e. The van der Waals surface area contributed by atoms with Crippen molar-refractivity contribution in [1.29, 1.82) is 0 Å². The van der Waals surface area contributed by atoms with Crippen LogP contribution in [0.5, 0.6) is 0 Å². The molecule has 12 aromatic rings. The van der Waals surface area contributed by atoms with E-state index in [2.05, 4.69) is 214 Å². The van der Waals surface area contributed by atoms with Gasteiger partial charge in [-0.15, -0.1) is 0 Å². The van der Waals surface area contributed by atoms with Gasteiger partial charge in [-0.05, 0) is 207 Å². The summed E-state index contributed by atoms with van der Waals surface area (Å²) in [6.45, 7) is 16.5. The van der Waals surface area contributed by atoms with Crippen LogP contribution in [-0.4, -0.2) is 38.3 Å². The molecule has 446 valence electrons. The smallest absolute Gasteiger partial charge is 0.399 e. The molecule has 5 heterocycles. The van der Waals surface area contributed by atoms with Crippen LogP contribution in [0.1, 0.15) is 137 Å². The molecule has 8 aromatic carbocycles. The number of rotatable bonds is 4. The van der Waals surface area contributed by atoms with Gasteiger partial charge in [-0.3, -0.25) is 19.9 Å². The highest BCUT2D eigenvalue weighted by molar-refractivity contribution is 6.62. The van der Waals surface area contributed by atoms with Crippen LogP contribution >= 0.6 is 11.6 Å². The number of aryl methyl sites for hydroxylation is 4. The van der Waals surface area contributed by atoms with Crippen molar-refractivity contribution >= 4 is 67.8 Å². The first-order valence-electron chi connectivity index (χ1n) is 32.6. The lowest BCUT2D eigenvalue weighted by Gasteiger charge is -2.36. The van der Waals surface area contributed by atoms with Gasteiger partial charge in [0, 0.05) is 55.2 Å². The van der Waals surface area contributed by atoms with Crippen molar-refractivity contribution in [3.05, 3.63) is 244 Å². The van der Waals surface area contributed by atoms with Crippen molar-refractivity contribution in [1.82, 2.24) is 19.9 Å². The van der Waals surface area contributed by atoms with Crippen molar-refractivity contribution in [2.45, 2.75) is 142 Å². The summed E-state index contributed by atoms with van der Waals surface area (Å²) in [4.78, 5) is 19.0. The van der Waals surface area contributed by atoms with Gasteiger partial charge in [0.15, 0.2) is 0 Å². The summed E-state index contributed by atoms with van der Waals surface area (Å²) in [6.07, 6.45) is 13.0. The summed E-state index contributed by atoms with van der Waals surface area (Å²) in [5.41, 5.74) is 27.9. The zero-order valence-electron chi connectivity index (χ0n) is 53.1. The molecule has 5 aliphatic rings. The molecule has 3 fully saturated rings. The van der Waals surface area contributed by atoms with Crippen molar-refractivity contribution in [2.24, 2.45) is 0 Å². The highest BCUT2D eigenvalue weighted by atomic mass is 35.5. The summed E-state index contributed by atoms with van der Waals surface area (Å²) in [6, 6.07) is 71.2. The van der Waals surface area contributed by atoms with Crippen LogP contribution in [0.3, 0.4) is 0 Å². The minimum atomic E-state index is -0.335. The van der Waals surface area contributed by atoms with E-state index in [0.29, 0.717) is 0 Å². The number of benzene rings is 8. The Bertz CT molecular complexity index is 4830. The molecule has 0 bridgehead atoms. The third-order valence-corrected chi connectivity index (χ3v) is 21.3. The molecule has 1 saturated heterocycles. The van der Waals surface area contributed by atoms with Crippen LogP contribution in [-0.2, 0) is 20.1 Å². The second-order valence-corrected chi connectivity index (χ2v) is 27.6. The van der Waals surface area contributed by atoms with Crippen LogP contribution < -0.4 is 5.46 Å². The van der Waals surface area contributed by atoms with Crippen LogP contribution in [0, 0.1) is 27.7 Å². The van der Waals surface area contributed by atoms with Crippen LogP contribution in [0.4, 0.5) is 0 Å². The lowest BCUT2D eigenvalue weighted by Crippen LogP contribution is -2.41. The quantitative estimate of drug-likeness (QED) is 0.129. The molecular weight excluding hydrogens is 1120 g/mol. The lowest BCUT2D eigenvalue weighted by molar-refractivity contribution is 0.00578. The maximum atomic E-state index is 6.33. The number of halogens is 1. The number of aromatic nitrogens is 4. The number of pyridine rings is 4. The van der Waals surface area contributed by atoms with Crippen molar-refractivity contribution in [3.8, 4) is 55.6 Å². The summed E-state index contributed by atoms with van der Waals surface area (Å²) in [7, 11) is -0.335. The molecule has 0 radical (unpaired) electrons. The van der Waals surface area contributed by atoms with E-state index in [4.69, 9.17) is 30.9 Å². The van der Waals surface area contributed by atoms with Gasteiger partial charge >= 0.3 is 7.12 Å². The maximum absolute atomic E-state index is 6.33. The predicted octanol–water partition coefficient (Wildman–Crippen LogP) is 20.9. The summed E-state index contributed by atoms with van der Waals surface area (Å²) in [5.74, 6) is 0. The van der Waals surface area contributed by atoms with E-state index in [1.807, 2.05) is 45.0 Å². The molecule has 2 saturated carbocycles. The number of hydrogen-bond donors (Lipinski definition) is 0. The molecule has 4 aromatic heterocycles. The molecule has 17 rings (SSSR count). The first-order chi connectivity index (χ1) is 43.6. The SMILES string of the molecule is CC1(C)OB(c2cccc(-c3ccc4c(c3)C3(CCCCC3)c3ccccc3-4)c2)OC1(C)C.Cc1ccc2ccc3c(-c4cccc(-c5ccc6c(c5)C5(CCCCC5)c5ccccc5-6)c4)cc(C)nc3c2n1.Cc1ccc2ccc3c(Cl)cc(C)nc3c2n1. The Kier molecular flexibility index (Phi) is 14.6. The third-order valence-electron chi connectivity index (χ3n) is 21.0. The highest BCUT2D eigenvalue weighted by Gasteiger charge is 2.52. The summed E-state index contributed by atoms with van der Waals surface area (Å²) in [5, 5.41) is 5.07. The molecule has 0 N–H and O–H groups in total. The Labute approximate surface area is 535 Å². The molecule has 0 atom stereocenters. The monoisotopic (exact) mass is 1190 g/mol. The van der Waals surface area contributed by atoms with Crippen molar-refractivity contribution in [2.75, 3.05) is 0 Å². The minimum Gasteiger partial charge on any atom is -0.399 e. The topological polar surface area (TPSA) is 70.0 Å². The standard InChI is InChI=1S/C38H32N2.C30H33BO2.C14H11ClN2/c1-24-13-14-26-15-18-32-33(21-25(2)40-37(32)36(26)39-24)29-10-8-9-27(22-29)28-16-17-31-30-11-4-5-12-34(30)38(35(31)23-28)19-6-3-7-20-38;1-28(2)29(3,4)33-31(32-28)23-12-10-11-21(19-23)22-15-16-25-24-13-6-7-14-26(24)30(27(25)20-22)17-8-5-9-18-30;1-8-3-4-10-5-6-11-12(15)7-9(2)17-14(11)13(10)16-8/h4-5,8-18,21-23H,3,6-7,19-20H2,1-2H3;6-7,10-16,19-20H,5,8-9,17-18H2,1-4H3;3-7H,1-2H3. The Morgan fingerprint density at radius 3 is 1.33 bits per heavy atom. The molecule has 90 heavy (non-hydrogen) atoms. The van der Waals surface area contributed by atoms with Gasteiger partial charge < -0.3 is 9.31 Å². The zero-order valence-corrected chi connectivity index (χ0v) is 53.9. The van der Waals surface area contributed by atoms with Crippen molar-refractivity contribution in [3.63, 3.8) is 0 Å². The lowest BCUT2D eigenvalue weighted by atomic mass is 9.67. The van der Waals surface area contributed by atoms with E-state index in [9.17, 15) is 0 Å². The van der Waals surface area contributed by atoms with Gasteiger partial charge in [0.25, 0.3) is 0 Å². The number of fused-ring (bicyclic) bond motifs is 16. The highest BCUT2D eigenvalue weighted by Crippen LogP contribution is 2.58. The molecule has 6 nitrogen and oxygen atoms in total. The van der Waals surface area contributed by atoms with Crippen molar-refractivity contribution < 1.29 is 9.31 Å². The second kappa shape index (κ2) is 22.6. The number of hydrogen-bond acceptors (Lipinski definition) is 6. The van der Waals surface area contributed by atoms with Gasteiger partial charge in [0.2, 0.25) is 0 Å². The minimum absolute atomic E-state index is 0.169. The van der Waals surface area contributed by atoms with Crippen LogP contribution in [0.25, 0.3) is 99.2 Å². The van der Waals surface area contributed by atoms with E-state index < -0.39 is 0 Å². The maximum Gasteiger partial charge on any atom is 0.494 e. The molecule has 8 heteroatoms. The first kappa shape index (κ1) is 58.1. The van der Waals surface area contributed by atoms with Gasteiger partial charge in [-0.25, -0.2) is 0 Å².